The lowest BCUT2D eigenvalue weighted by atomic mass is 9.84. The Morgan fingerprint density at radius 3 is 1.73 bits per heavy atom. The molecule has 1 N–H and O–H groups in total. The van der Waals surface area contributed by atoms with Crippen LogP contribution in [-0.4, -0.2) is 85.9 Å². The number of hydrogen-bond donors (Lipinski definition) is 1. The number of aromatic nitrogens is 2. The smallest absolute Gasteiger partial charge is 0.323 e. The van der Waals surface area contributed by atoms with Crippen LogP contribution < -0.4 is 5.32 Å². The minimum atomic E-state index is -0.409. The summed E-state index contributed by atoms with van der Waals surface area (Å²) in [5, 5.41) is 2.79. The van der Waals surface area contributed by atoms with Gasteiger partial charge in [-0.3, -0.25) is 48.7 Å². The summed E-state index contributed by atoms with van der Waals surface area (Å²) in [5.74, 6) is 3.57. The summed E-state index contributed by atoms with van der Waals surface area (Å²) in [5.41, 5.74) is 5.18. The maximum Gasteiger partial charge on any atom is 0.323 e. The number of anilines is 1. The number of rotatable bonds is 17. The monoisotopic (exact) mass is 1220 g/mol. The molecule has 89 heavy (non-hydrogen) atoms. The van der Waals surface area contributed by atoms with E-state index in [0.717, 1.165) is 41.6 Å². The highest BCUT2D eigenvalue weighted by Crippen LogP contribution is 2.30. The molecule has 1 saturated heterocycles. The number of pyridine rings is 2. The molecule has 2 unspecified atom stereocenters. The van der Waals surface area contributed by atoms with Crippen molar-refractivity contribution in [3.05, 3.63) is 179 Å². The number of carbonyl (C=O) groups excluding carboxylic acids is 9. The van der Waals surface area contributed by atoms with Crippen LogP contribution in [0.5, 0.6) is 0 Å². The third-order valence-electron chi connectivity index (χ3n) is 14.2. The lowest BCUT2D eigenvalue weighted by Gasteiger charge is -2.29. The molecule has 2 aromatic heterocycles. The van der Waals surface area contributed by atoms with E-state index in [4.69, 9.17) is 4.74 Å². The van der Waals surface area contributed by atoms with Gasteiger partial charge in [-0.1, -0.05) is 190 Å². The van der Waals surface area contributed by atoms with Crippen LogP contribution in [0.1, 0.15) is 185 Å². The minimum Gasteiger partial charge on any atom is -0.362 e. The van der Waals surface area contributed by atoms with Crippen molar-refractivity contribution in [2.45, 2.75) is 156 Å². The predicted octanol–water partition coefficient (Wildman–Crippen LogP) is 16.0. The number of amides is 2. The van der Waals surface area contributed by atoms with Gasteiger partial charge in [-0.15, -0.1) is 0 Å². The van der Waals surface area contributed by atoms with Crippen molar-refractivity contribution in [2.24, 2.45) is 53.3 Å². The molecule has 14 nitrogen and oxygen atoms in total. The van der Waals surface area contributed by atoms with Crippen LogP contribution in [0.15, 0.2) is 145 Å². The van der Waals surface area contributed by atoms with Gasteiger partial charge in [0.15, 0.2) is 46.3 Å². The number of Topliss-reactive ketones (excluding diaryl/α,β-unsaturated/α-hetero) is 3. The van der Waals surface area contributed by atoms with E-state index in [0.29, 0.717) is 71.7 Å². The number of fused-ring (bicyclic) bond motifs is 1. The normalized spacial score (nSPS) is 16.4. The van der Waals surface area contributed by atoms with Gasteiger partial charge in [-0.2, -0.15) is 0 Å². The second-order valence-electron chi connectivity index (χ2n) is 25.3. The summed E-state index contributed by atoms with van der Waals surface area (Å²) in [7, 11) is 0. The van der Waals surface area contributed by atoms with Crippen LogP contribution in [0, 0.1) is 60.2 Å². The van der Waals surface area contributed by atoms with E-state index in [1.54, 1.807) is 35.5 Å². The highest BCUT2D eigenvalue weighted by atomic mass is 16.6. The van der Waals surface area contributed by atoms with Crippen LogP contribution in [0.25, 0.3) is 6.08 Å². The zero-order valence-corrected chi connectivity index (χ0v) is 56.2. The first-order valence-corrected chi connectivity index (χ1v) is 31.2. The number of allylic oxidation sites excluding steroid dienone is 9. The summed E-state index contributed by atoms with van der Waals surface area (Å²) < 4.78 is 4.97. The molecule has 2 aliphatic carbocycles. The second-order valence-corrected chi connectivity index (χ2v) is 25.3. The largest absolute Gasteiger partial charge is 0.362 e. The average Bonchev–Trinajstić information content (AvgIpc) is 2.02. The molecule has 8 rings (SSSR count). The van der Waals surface area contributed by atoms with Crippen LogP contribution in [-0.2, 0) is 35.3 Å². The van der Waals surface area contributed by atoms with Gasteiger partial charge in [-0.25, -0.2) is 9.78 Å². The Kier molecular flexibility index (Phi) is 33.9. The summed E-state index contributed by atoms with van der Waals surface area (Å²) in [6.45, 7) is 37.1. The fourth-order valence-corrected chi connectivity index (χ4v) is 8.37. The third-order valence-corrected chi connectivity index (χ3v) is 14.2. The standard InChI is InChI=1S/C16H23N3O2.2C12H14O.C10H13NO.C9H10O2.C9H14O.C7H12O2/c1-10(2)5-6-19-9-13-7-12(14(20)11(3)4)8-17-15(13)18-16(19)21;1-10(2)12(13)9-8-11-6-4-3-5-7-11;1-10(2)8-9-12(13)11-6-4-3-5-7-11;1-7(2)10(12)9-5-4-8(3)11-6-9;1-6(2)8-5-7(10)3-4-9(8)11;1-7(2)8-5-3-4-6-9(8)10;1-5(2)6(8)7(3)4-9-7/h7-8,10-11H,5-6,9H2,1-4H3,(H,17,18,21);2*3-10H,1-2H3;4-7H,1-3H3;3-6H,1-2H3;4,6-8H,3,5H2,1-2H3;5H,4H2,1-3H3/b;2*9-8+;;;;. The average molecular weight is 1220 g/mol. The van der Waals surface area contributed by atoms with Crippen LogP contribution in [0.4, 0.5) is 10.6 Å². The molecule has 2 atom stereocenters. The highest BCUT2D eigenvalue weighted by Gasteiger charge is 2.47. The molecule has 4 aromatic rings. The minimum absolute atomic E-state index is 0.0420. The van der Waals surface area contributed by atoms with Gasteiger partial charge in [-0.05, 0) is 117 Å². The first-order chi connectivity index (χ1) is 41.8. The highest BCUT2D eigenvalue weighted by molar-refractivity contribution is 6.17. The van der Waals surface area contributed by atoms with Gasteiger partial charge in [0.25, 0.3) is 0 Å². The number of benzene rings is 2. The van der Waals surface area contributed by atoms with E-state index in [1.165, 1.54) is 18.2 Å². The van der Waals surface area contributed by atoms with Crippen molar-refractivity contribution in [2.75, 3.05) is 18.5 Å². The van der Waals surface area contributed by atoms with Crippen molar-refractivity contribution in [3.63, 3.8) is 0 Å². The van der Waals surface area contributed by atoms with E-state index < -0.39 is 5.60 Å². The van der Waals surface area contributed by atoms with Crippen molar-refractivity contribution >= 4 is 64.2 Å². The number of aryl methyl sites for hydroxylation is 1. The van der Waals surface area contributed by atoms with Crippen LogP contribution >= 0.6 is 0 Å². The van der Waals surface area contributed by atoms with Crippen LogP contribution in [0.3, 0.4) is 0 Å². The number of hydrogen-bond acceptors (Lipinski definition) is 12. The number of epoxide rings is 1. The summed E-state index contributed by atoms with van der Waals surface area (Å²) in [6, 6.07) is 24.6. The lowest BCUT2D eigenvalue weighted by molar-refractivity contribution is -0.126. The molecule has 0 radical (unpaired) electrons. The molecular formula is C75H100N4O10. The number of ketones is 8. The van der Waals surface area contributed by atoms with Gasteiger partial charge < -0.3 is 9.64 Å². The Labute approximate surface area is 531 Å². The molecule has 2 aromatic carbocycles. The van der Waals surface area contributed by atoms with E-state index in [9.17, 15) is 43.2 Å². The molecule has 0 saturated carbocycles. The molecule has 0 bridgehead atoms. The van der Waals surface area contributed by atoms with Crippen molar-refractivity contribution in [1.29, 1.82) is 0 Å². The molecule has 4 aliphatic rings. The first-order valence-electron chi connectivity index (χ1n) is 31.2. The Balaban J connectivity index is 0.000000360. The SMILES string of the molecule is CC(C)/C=C/C(=O)c1ccccc1.CC(C)C(=O)/C=C/c1ccccc1.CC(C)C(=O)C1(C)CO1.CC(C)C1=CC(=O)C=CC1=O.CC(C)C1CCC=CC1=O.CC(C)CCN1Cc2cc(C(=O)C(C)C)cnc2NC1=O.Cc1ccc(C(=O)C(C)C)cn1. The van der Waals surface area contributed by atoms with E-state index in [2.05, 4.69) is 56.8 Å². The molecule has 4 heterocycles. The Morgan fingerprint density at radius 1 is 0.685 bits per heavy atom. The lowest BCUT2D eigenvalue weighted by Crippen LogP contribution is -2.40. The zero-order chi connectivity index (χ0) is 67.1. The number of ether oxygens (including phenoxy) is 1. The Morgan fingerprint density at radius 2 is 1.27 bits per heavy atom. The van der Waals surface area contributed by atoms with Gasteiger partial charge in [0, 0.05) is 82.0 Å². The van der Waals surface area contributed by atoms with E-state index in [1.807, 2.05) is 180 Å². The van der Waals surface area contributed by atoms with Crippen LogP contribution in [0.2, 0.25) is 0 Å². The van der Waals surface area contributed by atoms with Gasteiger partial charge in [0.1, 0.15) is 11.4 Å². The van der Waals surface area contributed by atoms with E-state index in [-0.39, 0.29) is 76.1 Å². The number of nitrogens with one attached hydrogen (secondary N) is 1. The molecular weight excluding hydrogens is 1120 g/mol. The topological polar surface area (TPSA) is 207 Å². The maximum atomic E-state index is 12.1. The molecule has 0 spiro atoms. The van der Waals surface area contributed by atoms with Crippen molar-refractivity contribution < 1.29 is 47.9 Å². The number of nitrogens with zero attached hydrogens (tertiary/aromatic N) is 3. The van der Waals surface area contributed by atoms with E-state index >= 15 is 0 Å². The third kappa shape index (κ3) is 29.3. The maximum absolute atomic E-state index is 12.1. The molecule has 480 valence electrons. The van der Waals surface area contributed by atoms with Gasteiger partial charge >= 0.3 is 6.03 Å². The quantitative estimate of drug-likeness (QED) is 0.0453. The van der Waals surface area contributed by atoms with Gasteiger partial charge in [0.05, 0.1) is 13.2 Å². The number of urea groups is 1. The van der Waals surface area contributed by atoms with Crippen molar-refractivity contribution in [1.82, 2.24) is 14.9 Å². The van der Waals surface area contributed by atoms with Gasteiger partial charge in [0.2, 0.25) is 0 Å². The fourth-order valence-electron chi connectivity index (χ4n) is 8.37. The fraction of sp³-hybridized carbons (Fsp3) is 0.453. The summed E-state index contributed by atoms with van der Waals surface area (Å²) in [6.07, 6.45) is 21.1. The van der Waals surface area contributed by atoms with Crippen molar-refractivity contribution in [3.8, 4) is 0 Å². The molecule has 1 fully saturated rings. The second kappa shape index (κ2) is 39.1. The summed E-state index contributed by atoms with van der Waals surface area (Å²) >= 11 is 0. The zero-order valence-electron chi connectivity index (χ0n) is 56.2. The predicted molar refractivity (Wildman–Crippen MR) is 358 cm³/mol. The molecule has 2 aliphatic heterocycles. The Hall–Kier alpha value is -7.97. The molecule has 2 amide bonds. The molecule has 14 heteroatoms. The first kappa shape index (κ1) is 77.1. The summed E-state index contributed by atoms with van der Waals surface area (Å²) in [4.78, 5) is 112. The Bertz CT molecular complexity index is 3120. The number of carbonyl (C=O) groups is 9.